The topological polar surface area (TPSA) is 91.8 Å². The third kappa shape index (κ3) is 3.72. The molecule has 0 aliphatic heterocycles. The summed E-state index contributed by atoms with van der Waals surface area (Å²) in [7, 11) is -1.71. The van der Waals surface area contributed by atoms with Gasteiger partial charge in [0.15, 0.2) is 0 Å². The number of sulfonamides is 1. The molecule has 0 radical (unpaired) electrons. The van der Waals surface area contributed by atoms with Crippen LogP contribution in [-0.2, 0) is 30.2 Å². The lowest BCUT2D eigenvalue weighted by atomic mass is 10.4. The number of nitrogens with zero attached hydrogens (tertiary/aromatic N) is 2. The third-order valence-electron chi connectivity index (χ3n) is 3.40. The molecule has 0 saturated heterocycles. The van der Waals surface area contributed by atoms with Crippen LogP contribution in [0, 0.1) is 0 Å². The van der Waals surface area contributed by atoms with E-state index >= 15 is 0 Å². The standard InChI is InChI=1S/C13H19N5O2S/c1-18-5-4-11(17-18)8-16-21(19,20)13-6-12(15-9-13)7-14-10-2-3-10/h4-6,9-10,14-16H,2-3,7-8H2,1H3. The zero-order chi connectivity index (χ0) is 14.9. The maximum absolute atomic E-state index is 12.2. The van der Waals surface area contributed by atoms with Crippen molar-refractivity contribution in [2.24, 2.45) is 7.05 Å². The van der Waals surface area contributed by atoms with Gasteiger partial charge in [0, 0.05) is 37.7 Å². The SMILES string of the molecule is Cn1ccc(CNS(=O)(=O)c2c[nH]c(CNC3CC3)c2)n1. The Kier molecular flexibility index (Phi) is 3.83. The second kappa shape index (κ2) is 5.63. The molecule has 21 heavy (non-hydrogen) atoms. The van der Waals surface area contributed by atoms with Gasteiger partial charge in [-0.1, -0.05) is 0 Å². The van der Waals surface area contributed by atoms with Gasteiger partial charge in [0.1, 0.15) is 0 Å². The van der Waals surface area contributed by atoms with Crippen LogP contribution in [0.5, 0.6) is 0 Å². The second-order valence-corrected chi connectivity index (χ2v) is 7.09. The van der Waals surface area contributed by atoms with E-state index in [1.165, 1.54) is 19.0 Å². The van der Waals surface area contributed by atoms with Gasteiger partial charge in [-0.2, -0.15) is 5.10 Å². The molecule has 1 fully saturated rings. The molecule has 1 aliphatic rings. The van der Waals surface area contributed by atoms with Crippen LogP contribution >= 0.6 is 0 Å². The van der Waals surface area contributed by atoms with Crippen molar-refractivity contribution in [2.75, 3.05) is 0 Å². The Morgan fingerprint density at radius 3 is 2.90 bits per heavy atom. The summed E-state index contributed by atoms with van der Waals surface area (Å²) in [5.74, 6) is 0. The number of nitrogens with one attached hydrogen (secondary N) is 3. The normalized spacial score (nSPS) is 15.5. The number of hydrogen-bond acceptors (Lipinski definition) is 4. The molecule has 0 bridgehead atoms. The lowest BCUT2D eigenvalue weighted by Crippen LogP contribution is -2.23. The summed E-state index contributed by atoms with van der Waals surface area (Å²) >= 11 is 0. The summed E-state index contributed by atoms with van der Waals surface area (Å²) in [4.78, 5) is 3.25. The van der Waals surface area contributed by atoms with Crippen LogP contribution in [0.4, 0.5) is 0 Å². The van der Waals surface area contributed by atoms with Crippen molar-refractivity contribution < 1.29 is 8.42 Å². The maximum Gasteiger partial charge on any atom is 0.242 e. The molecule has 0 spiro atoms. The summed E-state index contributed by atoms with van der Waals surface area (Å²) < 4.78 is 28.6. The summed E-state index contributed by atoms with van der Waals surface area (Å²) in [5, 5.41) is 7.48. The Morgan fingerprint density at radius 2 is 2.24 bits per heavy atom. The lowest BCUT2D eigenvalue weighted by Gasteiger charge is -2.02. The third-order valence-corrected chi connectivity index (χ3v) is 4.78. The number of hydrogen-bond donors (Lipinski definition) is 3. The lowest BCUT2D eigenvalue weighted by molar-refractivity contribution is 0.579. The van der Waals surface area contributed by atoms with Crippen LogP contribution in [-0.4, -0.2) is 29.2 Å². The Balaban J connectivity index is 1.60. The Labute approximate surface area is 123 Å². The van der Waals surface area contributed by atoms with Crippen molar-refractivity contribution in [1.29, 1.82) is 0 Å². The van der Waals surface area contributed by atoms with Gasteiger partial charge in [-0.15, -0.1) is 0 Å². The first kappa shape index (κ1) is 14.3. The summed E-state index contributed by atoms with van der Waals surface area (Å²) in [6.07, 6.45) is 5.71. The molecule has 8 heteroatoms. The van der Waals surface area contributed by atoms with Gasteiger partial charge in [0.05, 0.1) is 17.1 Å². The molecule has 7 nitrogen and oxygen atoms in total. The van der Waals surface area contributed by atoms with E-state index in [1.807, 2.05) is 0 Å². The Bertz CT molecular complexity index is 715. The van der Waals surface area contributed by atoms with E-state index in [9.17, 15) is 8.42 Å². The quantitative estimate of drug-likeness (QED) is 0.693. The smallest absolute Gasteiger partial charge is 0.242 e. The molecule has 1 saturated carbocycles. The van der Waals surface area contributed by atoms with Crippen molar-refractivity contribution in [3.05, 3.63) is 35.9 Å². The molecule has 3 rings (SSSR count). The molecule has 0 amide bonds. The minimum absolute atomic E-state index is 0.185. The molecule has 0 atom stereocenters. The number of aromatic amines is 1. The number of H-pyrrole nitrogens is 1. The van der Waals surface area contributed by atoms with Crippen molar-refractivity contribution in [2.45, 2.75) is 36.9 Å². The largest absolute Gasteiger partial charge is 0.363 e. The van der Waals surface area contributed by atoms with Crippen LogP contribution in [0.1, 0.15) is 24.2 Å². The highest BCUT2D eigenvalue weighted by Gasteiger charge is 2.21. The first-order chi connectivity index (χ1) is 10.0. The molecule has 114 valence electrons. The van der Waals surface area contributed by atoms with Crippen molar-refractivity contribution >= 4 is 10.0 Å². The van der Waals surface area contributed by atoms with E-state index in [0.29, 0.717) is 18.3 Å². The van der Waals surface area contributed by atoms with Crippen LogP contribution < -0.4 is 10.0 Å². The zero-order valence-electron chi connectivity index (χ0n) is 11.8. The monoisotopic (exact) mass is 309 g/mol. The molecule has 0 aromatic carbocycles. The van der Waals surface area contributed by atoms with Crippen molar-refractivity contribution in [1.82, 2.24) is 24.8 Å². The van der Waals surface area contributed by atoms with E-state index in [1.54, 1.807) is 30.1 Å². The van der Waals surface area contributed by atoms with Crippen LogP contribution in [0.3, 0.4) is 0 Å². The Morgan fingerprint density at radius 1 is 1.43 bits per heavy atom. The fourth-order valence-corrected chi connectivity index (χ4v) is 3.04. The van der Waals surface area contributed by atoms with Gasteiger partial charge in [-0.3, -0.25) is 4.68 Å². The fourth-order valence-electron chi connectivity index (χ4n) is 2.03. The minimum atomic E-state index is -3.51. The highest BCUT2D eigenvalue weighted by molar-refractivity contribution is 7.89. The number of rotatable bonds is 7. The number of aryl methyl sites for hydroxylation is 1. The van der Waals surface area contributed by atoms with Crippen LogP contribution in [0.15, 0.2) is 29.4 Å². The van der Waals surface area contributed by atoms with E-state index in [-0.39, 0.29) is 11.4 Å². The van der Waals surface area contributed by atoms with Gasteiger partial charge in [-0.25, -0.2) is 13.1 Å². The van der Waals surface area contributed by atoms with Gasteiger partial charge in [0.2, 0.25) is 10.0 Å². The average Bonchev–Trinajstić information content (AvgIpc) is 2.97. The van der Waals surface area contributed by atoms with Gasteiger partial charge < -0.3 is 10.3 Å². The van der Waals surface area contributed by atoms with Gasteiger partial charge in [-0.05, 0) is 25.0 Å². The molecule has 2 heterocycles. The first-order valence-electron chi connectivity index (χ1n) is 6.92. The Hall–Kier alpha value is -1.64. The van der Waals surface area contributed by atoms with Crippen LogP contribution in [0.2, 0.25) is 0 Å². The van der Waals surface area contributed by atoms with Crippen molar-refractivity contribution in [3.8, 4) is 0 Å². The maximum atomic E-state index is 12.2. The molecule has 0 unspecified atom stereocenters. The van der Waals surface area contributed by atoms with E-state index < -0.39 is 10.0 Å². The second-order valence-electron chi connectivity index (χ2n) is 5.32. The van der Waals surface area contributed by atoms with Crippen LogP contribution in [0.25, 0.3) is 0 Å². The van der Waals surface area contributed by atoms with Gasteiger partial charge >= 0.3 is 0 Å². The minimum Gasteiger partial charge on any atom is -0.363 e. The van der Waals surface area contributed by atoms with Crippen molar-refractivity contribution in [3.63, 3.8) is 0 Å². The fraction of sp³-hybridized carbons (Fsp3) is 0.462. The highest BCUT2D eigenvalue weighted by atomic mass is 32.2. The number of aromatic nitrogens is 3. The zero-order valence-corrected chi connectivity index (χ0v) is 12.7. The molecule has 1 aliphatic carbocycles. The van der Waals surface area contributed by atoms with Gasteiger partial charge in [0.25, 0.3) is 0 Å². The summed E-state index contributed by atoms with van der Waals surface area (Å²) in [5.41, 5.74) is 1.56. The molecular formula is C13H19N5O2S. The predicted molar refractivity (Wildman–Crippen MR) is 77.9 cm³/mol. The summed E-state index contributed by atoms with van der Waals surface area (Å²) in [6.45, 7) is 0.852. The predicted octanol–water partition coefficient (Wildman–Crippen LogP) is 0.479. The van der Waals surface area contributed by atoms with E-state index in [2.05, 4.69) is 20.1 Å². The average molecular weight is 309 g/mol. The molecular weight excluding hydrogens is 290 g/mol. The first-order valence-corrected chi connectivity index (χ1v) is 8.40. The van der Waals surface area contributed by atoms with E-state index in [4.69, 9.17) is 0 Å². The molecule has 3 N–H and O–H groups in total. The molecule has 2 aromatic heterocycles. The van der Waals surface area contributed by atoms with E-state index in [0.717, 1.165) is 5.69 Å². The highest BCUT2D eigenvalue weighted by Crippen LogP contribution is 2.19. The molecule has 2 aromatic rings. The summed E-state index contributed by atoms with van der Waals surface area (Å²) in [6, 6.07) is 4.04.